The number of hydrogen-bond acceptors (Lipinski definition) is 3. The minimum absolute atomic E-state index is 0.456. The maximum Gasteiger partial charge on any atom is 0.0590 e. The third-order valence-corrected chi connectivity index (χ3v) is 5.11. The van der Waals surface area contributed by atoms with Crippen molar-refractivity contribution in [3.63, 3.8) is 0 Å². The van der Waals surface area contributed by atoms with E-state index in [1.165, 1.54) is 64.3 Å². The Morgan fingerprint density at radius 2 is 1.75 bits per heavy atom. The van der Waals surface area contributed by atoms with Crippen molar-refractivity contribution < 1.29 is 4.74 Å². The first kappa shape index (κ1) is 16.3. The molecule has 20 heavy (non-hydrogen) atoms. The van der Waals surface area contributed by atoms with E-state index in [0.29, 0.717) is 12.1 Å². The molecule has 0 spiro atoms. The smallest absolute Gasteiger partial charge is 0.0590 e. The van der Waals surface area contributed by atoms with Crippen LogP contribution in [0.15, 0.2) is 0 Å². The van der Waals surface area contributed by atoms with E-state index in [2.05, 4.69) is 18.7 Å². The summed E-state index contributed by atoms with van der Waals surface area (Å²) in [6.45, 7) is 6.79. The van der Waals surface area contributed by atoms with E-state index in [9.17, 15) is 0 Å². The highest BCUT2D eigenvalue weighted by atomic mass is 16.5. The van der Waals surface area contributed by atoms with Crippen LogP contribution in [-0.4, -0.2) is 42.3 Å². The Balaban J connectivity index is 1.92. The maximum atomic E-state index is 6.07. The van der Waals surface area contributed by atoms with Crippen LogP contribution in [0.25, 0.3) is 0 Å². The van der Waals surface area contributed by atoms with Crippen molar-refractivity contribution in [1.82, 2.24) is 4.90 Å². The monoisotopic (exact) mass is 282 g/mol. The van der Waals surface area contributed by atoms with Gasteiger partial charge in [-0.25, -0.2) is 0 Å². The predicted octanol–water partition coefficient (Wildman–Crippen LogP) is 3.32. The standard InChI is InChI=1S/C17H34N2O/c1-3-5-17-13-16(10-12-20-17)19(11-4-2)15-8-6-14(18)7-9-15/h14-17H,3-13,18H2,1-2H3. The van der Waals surface area contributed by atoms with Crippen LogP contribution in [0.2, 0.25) is 0 Å². The lowest BCUT2D eigenvalue weighted by Gasteiger charge is -2.44. The van der Waals surface area contributed by atoms with Gasteiger partial charge in [0, 0.05) is 24.7 Å². The summed E-state index contributed by atoms with van der Waals surface area (Å²) in [4.78, 5) is 2.82. The number of ether oxygens (including phenoxy) is 1. The topological polar surface area (TPSA) is 38.5 Å². The molecule has 0 radical (unpaired) electrons. The van der Waals surface area contributed by atoms with Crippen LogP contribution >= 0.6 is 0 Å². The summed E-state index contributed by atoms with van der Waals surface area (Å²) in [7, 11) is 0. The molecular weight excluding hydrogens is 248 g/mol. The van der Waals surface area contributed by atoms with Gasteiger partial charge in [-0.2, -0.15) is 0 Å². The minimum Gasteiger partial charge on any atom is -0.378 e. The molecule has 3 nitrogen and oxygen atoms in total. The summed E-state index contributed by atoms with van der Waals surface area (Å²) < 4.78 is 5.93. The molecule has 2 N–H and O–H groups in total. The molecule has 3 heteroatoms. The fourth-order valence-corrected chi connectivity index (χ4v) is 4.04. The first-order valence-corrected chi connectivity index (χ1v) is 8.87. The Kier molecular flexibility index (Phi) is 6.79. The number of nitrogens with two attached hydrogens (primary N) is 1. The summed E-state index contributed by atoms with van der Waals surface area (Å²) in [6.07, 6.45) is 11.7. The van der Waals surface area contributed by atoms with Gasteiger partial charge < -0.3 is 10.5 Å². The van der Waals surface area contributed by atoms with Gasteiger partial charge >= 0.3 is 0 Å². The lowest BCUT2D eigenvalue weighted by molar-refractivity contribution is -0.0442. The van der Waals surface area contributed by atoms with Crippen molar-refractivity contribution in [2.75, 3.05) is 13.2 Å². The van der Waals surface area contributed by atoms with Crippen LogP contribution in [0.1, 0.15) is 71.6 Å². The molecular formula is C17H34N2O. The van der Waals surface area contributed by atoms with Gasteiger partial charge in [0.1, 0.15) is 0 Å². The van der Waals surface area contributed by atoms with E-state index in [1.54, 1.807) is 0 Å². The Morgan fingerprint density at radius 1 is 1.00 bits per heavy atom. The lowest BCUT2D eigenvalue weighted by atomic mass is 9.88. The maximum absolute atomic E-state index is 6.07. The van der Waals surface area contributed by atoms with Crippen LogP contribution in [-0.2, 0) is 4.74 Å². The largest absolute Gasteiger partial charge is 0.378 e. The molecule has 0 aromatic rings. The van der Waals surface area contributed by atoms with Crippen molar-refractivity contribution in [3.8, 4) is 0 Å². The van der Waals surface area contributed by atoms with Crippen molar-refractivity contribution in [1.29, 1.82) is 0 Å². The molecule has 2 atom stereocenters. The van der Waals surface area contributed by atoms with Gasteiger partial charge in [0.25, 0.3) is 0 Å². The molecule has 2 fully saturated rings. The van der Waals surface area contributed by atoms with Gasteiger partial charge in [-0.15, -0.1) is 0 Å². The fourth-order valence-electron chi connectivity index (χ4n) is 4.04. The van der Waals surface area contributed by atoms with Gasteiger partial charge in [-0.1, -0.05) is 20.3 Å². The molecule has 1 saturated carbocycles. The van der Waals surface area contributed by atoms with E-state index in [-0.39, 0.29) is 0 Å². The predicted molar refractivity (Wildman–Crippen MR) is 84.9 cm³/mol. The van der Waals surface area contributed by atoms with E-state index in [4.69, 9.17) is 10.5 Å². The van der Waals surface area contributed by atoms with E-state index < -0.39 is 0 Å². The number of nitrogens with zero attached hydrogens (tertiary/aromatic N) is 1. The molecule has 118 valence electrons. The molecule has 1 aliphatic carbocycles. The van der Waals surface area contributed by atoms with E-state index >= 15 is 0 Å². The second kappa shape index (κ2) is 8.35. The zero-order valence-electron chi connectivity index (χ0n) is 13.5. The van der Waals surface area contributed by atoms with Gasteiger partial charge in [0.2, 0.25) is 0 Å². The van der Waals surface area contributed by atoms with Crippen molar-refractivity contribution in [3.05, 3.63) is 0 Å². The lowest BCUT2D eigenvalue weighted by Crippen LogP contribution is -2.50. The summed E-state index contributed by atoms with van der Waals surface area (Å²) in [5.74, 6) is 0. The van der Waals surface area contributed by atoms with Crippen LogP contribution < -0.4 is 5.73 Å². The zero-order valence-corrected chi connectivity index (χ0v) is 13.5. The van der Waals surface area contributed by atoms with Crippen LogP contribution in [0.3, 0.4) is 0 Å². The first-order valence-electron chi connectivity index (χ1n) is 8.87. The Hall–Kier alpha value is -0.120. The molecule has 0 aromatic heterocycles. The number of hydrogen-bond donors (Lipinski definition) is 1. The van der Waals surface area contributed by atoms with Crippen molar-refractivity contribution in [2.45, 2.75) is 95.9 Å². The summed E-state index contributed by atoms with van der Waals surface area (Å²) in [5, 5.41) is 0. The van der Waals surface area contributed by atoms with Gasteiger partial charge in [-0.05, 0) is 57.9 Å². The zero-order chi connectivity index (χ0) is 14.4. The molecule has 0 aromatic carbocycles. The van der Waals surface area contributed by atoms with Crippen LogP contribution in [0.4, 0.5) is 0 Å². The highest BCUT2D eigenvalue weighted by Gasteiger charge is 2.32. The normalized spacial score (nSPS) is 35.4. The second-order valence-electron chi connectivity index (χ2n) is 6.77. The third-order valence-electron chi connectivity index (χ3n) is 5.11. The molecule has 1 heterocycles. The summed E-state index contributed by atoms with van der Waals surface area (Å²) in [6, 6.07) is 1.98. The minimum atomic E-state index is 0.456. The molecule has 2 rings (SSSR count). The molecule has 2 aliphatic rings. The summed E-state index contributed by atoms with van der Waals surface area (Å²) in [5.41, 5.74) is 6.07. The SMILES string of the molecule is CCCC1CC(N(CCC)C2CCC(N)CC2)CCO1. The quantitative estimate of drug-likeness (QED) is 0.812. The average Bonchev–Trinajstić information content (AvgIpc) is 2.47. The molecule has 0 bridgehead atoms. The molecule has 2 unspecified atom stereocenters. The Bertz CT molecular complexity index is 262. The first-order chi connectivity index (χ1) is 9.74. The molecule has 1 aliphatic heterocycles. The Morgan fingerprint density at radius 3 is 2.40 bits per heavy atom. The number of rotatable bonds is 6. The Labute approximate surface area is 125 Å². The van der Waals surface area contributed by atoms with Crippen molar-refractivity contribution in [2.24, 2.45) is 5.73 Å². The highest BCUT2D eigenvalue weighted by Crippen LogP contribution is 2.29. The van der Waals surface area contributed by atoms with Crippen LogP contribution in [0.5, 0.6) is 0 Å². The fraction of sp³-hybridized carbons (Fsp3) is 1.00. The second-order valence-corrected chi connectivity index (χ2v) is 6.77. The third kappa shape index (κ3) is 4.44. The molecule has 0 amide bonds. The van der Waals surface area contributed by atoms with Crippen molar-refractivity contribution >= 4 is 0 Å². The highest BCUT2D eigenvalue weighted by molar-refractivity contribution is 4.87. The molecule has 1 saturated heterocycles. The van der Waals surface area contributed by atoms with Gasteiger partial charge in [0.15, 0.2) is 0 Å². The van der Waals surface area contributed by atoms with Crippen LogP contribution in [0, 0.1) is 0 Å². The average molecular weight is 282 g/mol. The summed E-state index contributed by atoms with van der Waals surface area (Å²) >= 11 is 0. The van der Waals surface area contributed by atoms with E-state index in [1.807, 2.05) is 0 Å². The van der Waals surface area contributed by atoms with Gasteiger partial charge in [0.05, 0.1) is 6.10 Å². The van der Waals surface area contributed by atoms with E-state index in [0.717, 1.165) is 18.7 Å². The van der Waals surface area contributed by atoms with Gasteiger partial charge in [-0.3, -0.25) is 4.90 Å².